The molecule has 20 heavy (non-hydrogen) atoms. The van der Waals surface area contributed by atoms with E-state index in [1.54, 1.807) is 0 Å². The molecule has 0 fully saturated rings. The average molecular weight is 293 g/mol. The van der Waals surface area contributed by atoms with Crippen LogP contribution in [0.2, 0.25) is 0 Å². The highest BCUT2D eigenvalue weighted by atomic mass is 19.4. The third-order valence-corrected chi connectivity index (χ3v) is 2.70. The van der Waals surface area contributed by atoms with Crippen LogP contribution >= 0.6 is 0 Å². The average Bonchev–Trinajstić information content (AvgIpc) is 2.33. The smallest absolute Gasteiger partial charge is 0.380 e. The van der Waals surface area contributed by atoms with Gasteiger partial charge in [-0.15, -0.1) is 0 Å². The Hall–Kier alpha value is -1.30. The summed E-state index contributed by atoms with van der Waals surface area (Å²) in [7, 11) is 0. The lowest BCUT2D eigenvalue weighted by Crippen LogP contribution is -2.12. The Labute approximate surface area is 116 Å². The van der Waals surface area contributed by atoms with Gasteiger partial charge in [0.1, 0.15) is 5.82 Å². The zero-order valence-electron chi connectivity index (χ0n) is 11.6. The van der Waals surface area contributed by atoms with Crippen molar-refractivity contribution in [2.24, 2.45) is 5.92 Å². The lowest BCUT2D eigenvalue weighted by molar-refractivity contribution is -0.137. The molecule has 0 heterocycles. The third kappa shape index (κ3) is 5.77. The van der Waals surface area contributed by atoms with Crippen LogP contribution in [0.3, 0.4) is 0 Å². The summed E-state index contributed by atoms with van der Waals surface area (Å²) in [6.07, 6.45) is -3.59. The summed E-state index contributed by atoms with van der Waals surface area (Å²) in [5.74, 6) is -0.364. The topological polar surface area (TPSA) is 21.3 Å². The van der Waals surface area contributed by atoms with Crippen LogP contribution in [0.5, 0.6) is 0 Å². The van der Waals surface area contributed by atoms with Gasteiger partial charge in [0.2, 0.25) is 0 Å². The molecule has 0 aromatic heterocycles. The van der Waals surface area contributed by atoms with E-state index in [9.17, 15) is 17.6 Å². The first-order chi connectivity index (χ1) is 9.30. The fourth-order valence-corrected chi connectivity index (χ4v) is 1.51. The lowest BCUT2D eigenvalue weighted by atomic mass is 10.1. The SMILES string of the molecule is CC(C)CCOCCNc1ccc(C(F)(F)F)cc1F. The standard InChI is InChI=1S/C14H19F4NO/c1-10(2)5-7-20-8-6-19-13-4-3-11(9-12(13)15)14(16,17)18/h3-4,9-10,19H,5-8H2,1-2H3. The molecule has 0 amide bonds. The van der Waals surface area contributed by atoms with E-state index in [4.69, 9.17) is 4.74 Å². The number of ether oxygens (including phenoxy) is 1. The molecule has 0 radical (unpaired) electrons. The molecule has 2 nitrogen and oxygen atoms in total. The van der Waals surface area contributed by atoms with Gasteiger partial charge in [-0.3, -0.25) is 0 Å². The van der Waals surface area contributed by atoms with E-state index < -0.39 is 17.6 Å². The highest BCUT2D eigenvalue weighted by molar-refractivity contribution is 5.46. The van der Waals surface area contributed by atoms with Crippen molar-refractivity contribution in [2.45, 2.75) is 26.4 Å². The van der Waals surface area contributed by atoms with Crippen LogP contribution in [-0.4, -0.2) is 19.8 Å². The quantitative estimate of drug-likeness (QED) is 0.597. The van der Waals surface area contributed by atoms with Crippen LogP contribution in [0.15, 0.2) is 18.2 Å². The second-order valence-electron chi connectivity index (χ2n) is 4.91. The van der Waals surface area contributed by atoms with E-state index in [1.165, 1.54) is 0 Å². The van der Waals surface area contributed by atoms with Gasteiger partial charge in [-0.25, -0.2) is 4.39 Å². The van der Waals surface area contributed by atoms with Crippen molar-refractivity contribution < 1.29 is 22.3 Å². The van der Waals surface area contributed by atoms with Crippen LogP contribution < -0.4 is 5.32 Å². The predicted octanol–water partition coefficient (Wildman–Crippen LogP) is 4.32. The zero-order chi connectivity index (χ0) is 15.2. The zero-order valence-corrected chi connectivity index (χ0v) is 11.6. The number of alkyl halides is 3. The molecule has 0 atom stereocenters. The van der Waals surface area contributed by atoms with E-state index in [0.717, 1.165) is 18.6 Å². The van der Waals surface area contributed by atoms with E-state index in [-0.39, 0.29) is 5.69 Å². The molecule has 114 valence electrons. The van der Waals surface area contributed by atoms with Crippen molar-refractivity contribution >= 4 is 5.69 Å². The summed E-state index contributed by atoms with van der Waals surface area (Å²) < 4.78 is 55.8. The first-order valence-corrected chi connectivity index (χ1v) is 6.49. The molecule has 0 aliphatic rings. The molecule has 0 spiro atoms. The summed E-state index contributed by atoms with van der Waals surface area (Å²) in [4.78, 5) is 0. The van der Waals surface area contributed by atoms with Gasteiger partial charge in [0, 0.05) is 13.2 Å². The third-order valence-electron chi connectivity index (χ3n) is 2.70. The maximum absolute atomic E-state index is 13.5. The summed E-state index contributed by atoms with van der Waals surface area (Å²) in [6.45, 7) is 5.51. The van der Waals surface area contributed by atoms with E-state index in [1.807, 2.05) is 0 Å². The normalized spacial score (nSPS) is 11.9. The molecule has 0 saturated heterocycles. The molecule has 1 N–H and O–H groups in total. The van der Waals surface area contributed by atoms with Gasteiger partial charge in [0.05, 0.1) is 17.9 Å². The summed E-state index contributed by atoms with van der Waals surface area (Å²) in [5, 5.41) is 2.71. The van der Waals surface area contributed by atoms with Gasteiger partial charge in [0.25, 0.3) is 0 Å². The van der Waals surface area contributed by atoms with Crippen LogP contribution in [-0.2, 0) is 10.9 Å². The van der Waals surface area contributed by atoms with Gasteiger partial charge in [-0.05, 0) is 30.5 Å². The van der Waals surface area contributed by atoms with Crippen LogP contribution in [0, 0.1) is 11.7 Å². The van der Waals surface area contributed by atoms with E-state index in [2.05, 4.69) is 19.2 Å². The Morgan fingerprint density at radius 1 is 1.20 bits per heavy atom. The highest BCUT2D eigenvalue weighted by Crippen LogP contribution is 2.31. The molecule has 0 unspecified atom stereocenters. The number of hydrogen-bond donors (Lipinski definition) is 1. The molecular formula is C14H19F4NO. The minimum absolute atomic E-state index is 0.0467. The van der Waals surface area contributed by atoms with Crippen molar-refractivity contribution in [3.05, 3.63) is 29.6 Å². The first kappa shape index (κ1) is 16.8. The second kappa shape index (κ2) is 7.47. The Morgan fingerprint density at radius 2 is 1.90 bits per heavy atom. The predicted molar refractivity (Wildman–Crippen MR) is 70.2 cm³/mol. The van der Waals surface area contributed by atoms with E-state index in [0.29, 0.717) is 31.7 Å². The van der Waals surface area contributed by atoms with Gasteiger partial charge in [0.15, 0.2) is 0 Å². The van der Waals surface area contributed by atoms with Gasteiger partial charge >= 0.3 is 6.18 Å². The Morgan fingerprint density at radius 3 is 2.45 bits per heavy atom. The second-order valence-corrected chi connectivity index (χ2v) is 4.91. The highest BCUT2D eigenvalue weighted by Gasteiger charge is 2.31. The Kier molecular flexibility index (Phi) is 6.26. The maximum Gasteiger partial charge on any atom is 0.416 e. The number of rotatable bonds is 7. The largest absolute Gasteiger partial charge is 0.416 e. The molecule has 1 aromatic carbocycles. The van der Waals surface area contributed by atoms with E-state index >= 15 is 0 Å². The van der Waals surface area contributed by atoms with Crippen molar-refractivity contribution in [3.8, 4) is 0 Å². The molecule has 0 aliphatic heterocycles. The Bertz CT molecular complexity index is 418. The van der Waals surface area contributed by atoms with Crippen LogP contribution in [0.1, 0.15) is 25.8 Å². The Balaban J connectivity index is 2.38. The van der Waals surface area contributed by atoms with Gasteiger partial charge in [-0.1, -0.05) is 13.8 Å². The van der Waals surface area contributed by atoms with Crippen molar-refractivity contribution in [3.63, 3.8) is 0 Å². The fraction of sp³-hybridized carbons (Fsp3) is 0.571. The number of nitrogens with one attached hydrogen (secondary N) is 1. The van der Waals surface area contributed by atoms with Crippen LogP contribution in [0.4, 0.5) is 23.2 Å². The minimum atomic E-state index is -4.53. The molecule has 1 aromatic rings. The maximum atomic E-state index is 13.5. The number of halogens is 4. The summed E-state index contributed by atoms with van der Waals surface area (Å²) >= 11 is 0. The number of benzene rings is 1. The van der Waals surface area contributed by atoms with Gasteiger partial charge in [-0.2, -0.15) is 13.2 Å². The molecule has 0 bridgehead atoms. The number of anilines is 1. The molecule has 0 saturated carbocycles. The molecule has 0 aliphatic carbocycles. The van der Waals surface area contributed by atoms with Crippen molar-refractivity contribution in [1.29, 1.82) is 0 Å². The molecule has 1 rings (SSSR count). The lowest BCUT2D eigenvalue weighted by Gasteiger charge is -2.11. The monoisotopic (exact) mass is 293 g/mol. The molecular weight excluding hydrogens is 274 g/mol. The number of hydrogen-bond acceptors (Lipinski definition) is 2. The summed E-state index contributed by atoms with van der Waals surface area (Å²) in [5.41, 5.74) is -0.945. The van der Waals surface area contributed by atoms with Crippen molar-refractivity contribution in [2.75, 3.05) is 25.1 Å². The van der Waals surface area contributed by atoms with Crippen LogP contribution in [0.25, 0.3) is 0 Å². The first-order valence-electron chi connectivity index (χ1n) is 6.49. The van der Waals surface area contributed by atoms with Gasteiger partial charge < -0.3 is 10.1 Å². The molecule has 6 heteroatoms. The minimum Gasteiger partial charge on any atom is -0.380 e. The van der Waals surface area contributed by atoms with Crippen molar-refractivity contribution in [1.82, 2.24) is 0 Å². The fourth-order valence-electron chi connectivity index (χ4n) is 1.51. The summed E-state index contributed by atoms with van der Waals surface area (Å²) in [6, 6.07) is 2.43.